The van der Waals surface area contributed by atoms with Crippen molar-refractivity contribution in [2.45, 2.75) is 13.0 Å². The van der Waals surface area contributed by atoms with Gasteiger partial charge >= 0.3 is 0 Å². The Labute approximate surface area is 165 Å². The van der Waals surface area contributed by atoms with Crippen LogP contribution in [-0.2, 0) is 16.1 Å². The lowest BCUT2D eigenvalue weighted by molar-refractivity contribution is -0.132. The molecule has 5 nitrogen and oxygen atoms in total. The number of nitrogens with one attached hydrogen (secondary N) is 1. The Balaban J connectivity index is 1.65. The Hall–Kier alpha value is -2.05. The van der Waals surface area contributed by atoms with E-state index >= 15 is 0 Å². The van der Waals surface area contributed by atoms with Crippen LogP contribution < -0.4 is 15.0 Å². The number of carbonyl (C=O) groups is 2. The Bertz CT molecular complexity index is 826. The van der Waals surface area contributed by atoms with Crippen molar-refractivity contribution in [1.29, 1.82) is 0 Å². The van der Waals surface area contributed by atoms with Gasteiger partial charge in [0.2, 0.25) is 11.8 Å². The van der Waals surface area contributed by atoms with Gasteiger partial charge in [-0.15, -0.1) is 0 Å². The summed E-state index contributed by atoms with van der Waals surface area (Å²) in [6.07, 6.45) is 0.489. The van der Waals surface area contributed by atoms with Crippen LogP contribution in [0.1, 0.15) is 12.0 Å². The lowest BCUT2D eigenvalue weighted by atomic mass is 10.1. The predicted octanol–water partition coefficient (Wildman–Crippen LogP) is 3.78. The number of benzene rings is 2. The first kappa shape index (κ1) is 18.7. The van der Waals surface area contributed by atoms with Gasteiger partial charge < -0.3 is 15.0 Å². The number of hydrogen-bond donors (Lipinski definition) is 1. The average Bonchev–Trinajstić information content (AvgIpc) is 3.02. The Morgan fingerprint density at radius 2 is 2.04 bits per heavy atom. The van der Waals surface area contributed by atoms with E-state index in [9.17, 15) is 9.59 Å². The molecular weight excluding hydrogens is 420 g/mol. The van der Waals surface area contributed by atoms with Crippen molar-refractivity contribution in [1.82, 2.24) is 5.32 Å². The second kappa shape index (κ2) is 8.10. The number of rotatable bonds is 5. The van der Waals surface area contributed by atoms with E-state index in [2.05, 4.69) is 21.2 Å². The number of hydrogen-bond acceptors (Lipinski definition) is 3. The monoisotopic (exact) mass is 436 g/mol. The second-order valence-corrected chi connectivity index (χ2v) is 7.33. The van der Waals surface area contributed by atoms with Gasteiger partial charge in [0.05, 0.1) is 7.11 Å². The van der Waals surface area contributed by atoms with E-state index in [0.717, 1.165) is 15.7 Å². The van der Waals surface area contributed by atoms with Gasteiger partial charge in [0, 0.05) is 33.8 Å². The minimum atomic E-state index is -0.677. The smallest absolute Gasteiger partial charge is 0.239 e. The molecule has 2 aromatic carbocycles. The first-order valence-corrected chi connectivity index (χ1v) is 9.34. The highest BCUT2D eigenvalue weighted by Gasteiger charge is 2.37. The lowest BCUT2D eigenvalue weighted by Gasteiger charge is -2.17. The number of anilines is 1. The Morgan fingerprint density at radius 3 is 2.73 bits per heavy atom. The standard InChI is InChI=1S/C19H18BrClN2O3/c1-26-17-7-2-13(20)10-12(17)11-22-18(24)16-8-9-23(19(16)25)15-5-3-14(21)4-6-15/h2-7,10,16H,8-9,11H2,1H3,(H,22,24)/t16-/m1/s1. The van der Waals surface area contributed by atoms with E-state index < -0.39 is 5.92 Å². The van der Waals surface area contributed by atoms with Gasteiger partial charge in [-0.1, -0.05) is 27.5 Å². The molecule has 1 heterocycles. The van der Waals surface area contributed by atoms with E-state index in [4.69, 9.17) is 16.3 Å². The van der Waals surface area contributed by atoms with Crippen molar-refractivity contribution >= 4 is 45.0 Å². The zero-order valence-electron chi connectivity index (χ0n) is 14.2. The van der Waals surface area contributed by atoms with Crippen LogP contribution in [0.2, 0.25) is 5.02 Å². The quantitative estimate of drug-likeness (QED) is 0.724. The molecule has 136 valence electrons. The van der Waals surface area contributed by atoms with Gasteiger partial charge in [0.1, 0.15) is 11.7 Å². The molecule has 1 N–H and O–H groups in total. The van der Waals surface area contributed by atoms with E-state index in [1.54, 1.807) is 36.3 Å². The highest BCUT2D eigenvalue weighted by Crippen LogP contribution is 2.27. The van der Waals surface area contributed by atoms with Gasteiger partial charge in [0.25, 0.3) is 0 Å². The SMILES string of the molecule is COc1ccc(Br)cc1CNC(=O)[C@H]1CCN(c2ccc(Cl)cc2)C1=O. The summed E-state index contributed by atoms with van der Waals surface area (Å²) in [5.41, 5.74) is 1.60. The maximum atomic E-state index is 12.6. The summed E-state index contributed by atoms with van der Waals surface area (Å²) in [6, 6.07) is 12.6. The minimum Gasteiger partial charge on any atom is -0.496 e. The summed E-state index contributed by atoms with van der Waals surface area (Å²) >= 11 is 9.30. The largest absolute Gasteiger partial charge is 0.496 e. The number of halogens is 2. The molecule has 2 amide bonds. The molecule has 0 aliphatic carbocycles. The zero-order chi connectivity index (χ0) is 18.7. The molecule has 1 fully saturated rings. The Kier molecular flexibility index (Phi) is 5.84. The van der Waals surface area contributed by atoms with Gasteiger partial charge in [0.15, 0.2) is 0 Å². The van der Waals surface area contributed by atoms with E-state index in [0.29, 0.717) is 30.3 Å². The maximum absolute atomic E-state index is 12.6. The summed E-state index contributed by atoms with van der Waals surface area (Å²) in [5, 5.41) is 3.45. The topological polar surface area (TPSA) is 58.6 Å². The van der Waals surface area contributed by atoms with Gasteiger partial charge in [-0.3, -0.25) is 9.59 Å². The average molecular weight is 438 g/mol. The summed E-state index contributed by atoms with van der Waals surface area (Å²) in [4.78, 5) is 26.8. The van der Waals surface area contributed by atoms with E-state index in [1.807, 2.05) is 18.2 Å². The normalized spacial score (nSPS) is 16.7. The highest BCUT2D eigenvalue weighted by molar-refractivity contribution is 9.10. The molecule has 0 unspecified atom stereocenters. The molecule has 1 aliphatic rings. The van der Waals surface area contributed by atoms with Crippen molar-refractivity contribution in [3.8, 4) is 5.75 Å². The fraction of sp³-hybridized carbons (Fsp3) is 0.263. The third-order valence-electron chi connectivity index (χ3n) is 4.36. The Morgan fingerprint density at radius 1 is 1.31 bits per heavy atom. The molecule has 1 aliphatic heterocycles. The molecule has 0 bridgehead atoms. The third-order valence-corrected chi connectivity index (χ3v) is 5.10. The summed E-state index contributed by atoms with van der Waals surface area (Å²) < 4.78 is 6.20. The van der Waals surface area contributed by atoms with E-state index in [-0.39, 0.29) is 11.8 Å². The summed E-state index contributed by atoms with van der Waals surface area (Å²) in [5.74, 6) is -0.447. The molecule has 26 heavy (non-hydrogen) atoms. The van der Waals surface area contributed by atoms with Crippen LogP contribution in [0.15, 0.2) is 46.9 Å². The first-order valence-electron chi connectivity index (χ1n) is 8.16. The van der Waals surface area contributed by atoms with Crippen LogP contribution >= 0.6 is 27.5 Å². The number of amides is 2. The second-order valence-electron chi connectivity index (χ2n) is 5.98. The molecule has 1 atom stereocenters. The minimum absolute atomic E-state index is 0.189. The molecule has 2 aromatic rings. The molecule has 0 saturated carbocycles. The predicted molar refractivity (Wildman–Crippen MR) is 104 cm³/mol. The third kappa shape index (κ3) is 4.02. The van der Waals surface area contributed by atoms with Crippen molar-refractivity contribution in [3.63, 3.8) is 0 Å². The van der Waals surface area contributed by atoms with Crippen LogP contribution in [0.5, 0.6) is 5.75 Å². The molecular formula is C19H18BrClN2O3. The first-order chi connectivity index (χ1) is 12.5. The number of ether oxygens (including phenoxy) is 1. The zero-order valence-corrected chi connectivity index (χ0v) is 16.5. The van der Waals surface area contributed by atoms with Crippen molar-refractivity contribution in [2.75, 3.05) is 18.6 Å². The summed E-state index contributed by atoms with van der Waals surface area (Å²) in [6.45, 7) is 0.810. The van der Waals surface area contributed by atoms with Gasteiger partial charge in [-0.25, -0.2) is 0 Å². The van der Waals surface area contributed by atoms with E-state index in [1.165, 1.54) is 0 Å². The molecule has 3 rings (SSSR count). The molecule has 0 radical (unpaired) electrons. The lowest BCUT2D eigenvalue weighted by Crippen LogP contribution is -2.36. The van der Waals surface area contributed by atoms with Crippen molar-refractivity contribution < 1.29 is 14.3 Å². The molecule has 0 spiro atoms. The van der Waals surface area contributed by atoms with Gasteiger partial charge in [-0.2, -0.15) is 0 Å². The number of nitrogens with zero attached hydrogens (tertiary/aromatic N) is 1. The van der Waals surface area contributed by atoms with Crippen LogP contribution in [0, 0.1) is 5.92 Å². The van der Waals surface area contributed by atoms with Crippen molar-refractivity contribution in [3.05, 3.63) is 57.5 Å². The molecule has 0 aromatic heterocycles. The van der Waals surface area contributed by atoms with Crippen LogP contribution in [-0.4, -0.2) is 25.5 Å². The number of methoxy groups -OCH3 is 1. The van der Waals surface area contributed by atoms with Crippen LogP contribution in [0.4, 0.5) is 5.69 Å². The molecule has 1 saturated heterocycles. The van der Waals surface area contributed by atoms with Gasteiger partial charge in [-0.05, 0) is 48.9 Å². The van der Waals surface area contributed by atoms with Crippen LogP contribution in [0.25, 0.3) is 0 Å². The fourth-order valence-electron chi connectivity index (χ4n) is 2.99. The fourth-order valence-corrected chi connectivity index (χ4v) is 3.53. The van der Waals surface area contributed by atoms with Crippen molar-refractivity contribution in [2.24, 2.45) is 5.92 Å². The molecule has 7 heteroatoms. The maximum Gasteiger partial charge on any atom is 0.239 e. The summed E-state index contributed by atoms with van der Waals surface area (Å²) in [7, 11) is 1.58. The highest BCUT2D eigenvalue weighted by atomic mass is 79.9. The number of carbonyl (C=O) groups excluding carboxylic acids is 2. The van der Waals surface area contributed by atoms with Crippen LogP contribution in [0.3, 0.4) is 0 Å².